The lowest BCUT2D eigenvalue weighted by Gasteiger charge is -2.12. The Morgan fingerprint density at radius 2 is 1.36 bits per heavy atom. The van der Waals surface area contributed by atoms with Gasteiger partial charge in [0.2, 0.25) is 0 Å². The van der Waals surface area contributed by atoms with Crippen molar-refractivity contribution in [1.82, 2.24) is 0 Å². The third-order valence-corrected chi connectivity index (χ3v) is 6.29. The van der Waals surface area contributed by atoms with Crippen molar-refractivity contribution in [2.75, 3.05) is 24.7 Å². The number of carbonyl (C=O) groups excluding carboxylic acids is 2. The third kappa shape index (κ3) is 10.3. The molecular weight excluding hydrogens is 495 g/mol. The summed E-state index contributed by atoms with van der Waals surface area (Å²) in [5.41, 5.74) is 14.2. The fraction of sp³-hybridized carbons (Fsp3) is 0.312. The molecule has 0 amide bonds. The van der Waals surface area contributed by atoms with Crippen molar-refractivity contribution in [2.24, 2.45) is 0 Å². The molecule has 3 aromatic rings. The average Bonchev–Trinajstić information content (AvgIpc) is 2.94. The Labute approximate surface area is 229 Å². The molecule has 0 aliphatic rings. The lowest BCUT2D eigenvalue weighted by Crippen LogP contribution is -2.04. The van der Waals surface area contributed by atoms with Gasteiger partial charge in [0.05, 0.1) is 24.5 Å². The van der Waals surface area contributed by atoms with E-state index in [9.17, 15) is 14.0 Å². The van der Waals surface area contributed by atoms with Crippen LogP contribution in [0.3, 0.4) is 0 Å². The number of benzene rings is 3. The second kappa shape index (κ2) is 16.0. The van der Waals surface area contributed by atoms with Gasteiger partial charge in [0.1, 0.15) is 11.6 Å². The number of ketones is 1. The number of ether oxygens (including phenoxy) is 2. The smallest absolute Gasteiger partial charge is 0.185 e. The highest BCUT2D eigenvalue weighted by atomic mass is 19.1. The molecule has 0 fully saturated rings. The van der Waals surface area contributed by atoms with Crippen LogP contribution in [0.15, 0.2) is 66.7 Å². The Balaban J connectivity index is 1.20. The summed E-state index contributed by atoms with van der Waals surface area (Å²) in [6, 6.07) is 16.3. The number of anilines is 2. The first-order valence-corrected chi connectivity index (χ1v) is 13.4. The van der Waals surface area contributed by atoms with E-state index >= 15 is 0 Å². The van der Waals surface area contributed by atoms with Gasteiger partial charge in [-0.25, -0.2) is 4.39 Å². The topological polar surface area (TPSA) is 105 Å². The van der Waals surface area contributed by atoms with Crippen molar-refractivity contribution in [3.63, 3.8) is 0 Å². The molecule has 0 aliphatic carbocycles. The first kappa shape index (κ1) is 29.4. The van der Waals surface area contributed by atoms with Gasteiger partial charge in [0.15, 0.2) is 17.8 Å². The zero-order valence-corrected chi connectivity index (χ0v) is 22.2. The van der Waals surface area contributed by atoms with Crippen LogP contribution in [0.5, 0.6) is 11.5 Å². The molecule has 0 saturated carbocycles. The van der Waals surface area contributed by atoms with Crippen molar-refractivity contribution in [3.05, 3.63) is 89.2 Å². The van der Waals surface area contributed by atoms with Gasteiger partial charge in [-0.3, -0.25) is 9.59 Å². The SMILES string of the molecule is Nc1cc(N)c(OCCCCCCCCCCOc2ccc(C=CC(=O)c3ccc(F)cc3)cc2)c(C=O)c1. The number of allylic oxidation sites excluding steroid dienone is 1. The van der Waals surface area contributed by atoms with Crippen LogP contribution in [0.2, 0.25) is 0 Å². The normalized spacial score (nSPS) is 11.0. The van der Waals surface area contributed by atoms with Crippen molar-refractivity contribution >= 4 is 29.5 Å². The molecule has 7 heteroatoms. The summed E-state index contributed by atoms with van der Waals surface area (Å²) in [5.74, 6) is 0.696. The van der Waals surface area contributed by atoms with Gasteiger partial charge in [-0.05, 0) is 73.0 Å². The predicted octanol–water partition coefficient (Wildman–Crippen LogP) is 7.28. The van der Waals surface area contributed by atoms with E-state index in [0.29, 0.717) is 47.8 Å². The molecule has 0 bridgehead atoms. The number of unbranched alkanes of at least 4 members (excludes halogenated alkanes) is 7. The molecule has 206 valence electrons. The van der Waals surface area contributed by atoms with Crippen molar-refractivity contribution in [1.29, 1.82) is 0 Å². The maximum absolute atomic E-state index is 13.0. The highest BCUT2D eigenvalue weighted by Crippen LogP contribution is 2.28. The van der Waals surface area contributed by atoms with Crippen LogP contribution in [-0.2, 0) is 0 Å². The molecule has 39 heavy (non-hydrogen) atoms. The first-order valence-electron chi connectivity index (χ1n) is 13.4. The highest BCUT2D eigenvalue weighted by Gasteiger charge is 2.09. The molecule has 3 aromatic carbocycles. The minimum Gasteiger partial charge on any atom is -0.494 e. The van der Waals surface area contributed by atoms with E-state index in [-0.39, 0.29) is 11.6 Å². The molecular formula is C32H37FN2O4. The van der Waals surface area contributed by atoms with Crippen molar-refractivity contribution in [3.8, 4) is 11.5 Å². The van der Waals surface area contributed by atoms with E-state index in [1.807, 2.05) is 24.3 Å². The Morgan fingerprint density at radius 3 is 1.97 bits per heavy atom. The Morgan fingerprint density at radius 1 is 0.769 bits per heavy atom. The zero-order chi connectivity index (χ0) is 27.9. The number of halogens is 1. The molecule has 0 unspecified atom stereocenters. The lowest BCUT2D eigenvalue weighted by molar-refractivity contribution is 0.104. The summed E-state index contributed by atoms with van der Waals surface area (Å²) >= 11 is 0. The summed E-state index contributed by atoms with van der Waals surface area (Å²) in [6.45, 7) is 1.20. The Bertz CT molecular complexity index is 1220. The number of aldehydes is 1. The largest absolute Gasteiger partial charge is 0.494 e. The molecule has 6 nitrogen and oxygen atoms in total. The number of rotatable bonds is 17. The first-order chi connectivity index (χ1) is 19.0. The molecule has 0 radical (unpaired) electrons. The van der Waals surface area contributed by atoms with Crippen molar-refractivity contribution < 1.29 is 23.5 Å². The molecule has 0 aliphatic heterocycles. The summed E-state index contributed by atoms with van der Waals surface area (Å²) in [6.07, 6.45) is 12.7. The van der Waals surface area contributed by atoms with E-state index in [4.69, 9.17) is 20.9 Å². The van der Waals surface area contributed by atoms with Crippen LogP contribution in [-0.4, -0.2) is 25.3 Å². The molecule has 0 saturated heterocycles. The van der Waals surface area contributed by atoms with Crippen LogP contribution < -0.4 is 20.9 Å². The number of carbonyl (C=O) groups is 2. The van der Waals surface area contributed by atoms with E-state index in [0.717, 1.165) is 43.4 Å². The van der Waals surface area contributed by atoms with Crippen LogP contribution >= 0.6 is 0 Å². The van der Waals surface area contributed by atoms with E-state index in [1.165, 1.54) is 49.6 Å². The third-order valence-electron chi connectivity index (χ3n) is 6.29. The minimum atomic E-state index is -0.362. The minimum absolute atomic E-state index is 0.168. The Hall–Kier alpha value is -4.13. The van der Waals surface area contributed by atoms with Gasteiger partial charge in [-0.1, -0.05) is 56.7 Å². The summed E-state index contributed by atoms with van der Waals surface area (Å²) in [7, 11) is 0. The molecule has 4 N–H and O–H groups in total. The zero-order valence-electron chi connectivity index (χ0n) is 22.2. The predicted molar refractivity (Wildman–Crippen MR) is 155 cm³/mol. The molecule has 0 spiro atoms. The summed E-state index contributed by atoms with van der Waals surface area (Å²) in [4.78, 5) is 23.3. The van der Waals surface area contributed by atoms with Crippen LogP contribution in [0.25, 0.3) is 6.08 Å². The Kier molecular flexibility index (Phi) is 12.0. The summed E-state index contributed by atoms with van der Waals surface area (Å²) in [5, 5.41) is 0. The highest BCUT2D eigenvalue weighted by molar-refractivity contribution is 6.06. The number of nitrogens with two attached hydrogens (primary N) is 2. The number of hydrogen-bond donors (Lipinski definition) is 2. The standard InChI is InChI=1S/C32H37FN2O4/c33-27-14-12-25(13-15-27)31(37)18-11-24-9-16-29(17-10-24)38-19-7-5-3-1-2-4-6-8-20-39-32-26(23-36)21-28(34)22-30(32)35/h9-18,21-23H,1-8,19-20,34-35H2. The molecule has 0 heterocycles. The lowest BCUT2D eigenvalue weighted by atomic mass is 10.1. The average molecular weight is 533 g/mol. The maximum atomic E-state index is 13.0. The monoisotopic (exact) mass is 532 g/mol. The van der Waals surface area contributed by atoms with Crippen LogP contribution in [0, 0.1) is 5.82 Å². The summed E-state index contributed by atoms with van der Waals surface area (Å²) < 4.78 is 24.5. The van der Waals surface area contributed by atoms with Gasteiger partial charge in [-0.15, -0.1) is 0 Å². The molecule has 0 aromatic heterocycles. The van der Waals surface area contributed by atoms with Crippen molar-refractivity contribution in [2.45, 2.75) is 51.4 Å². The second-order valence-electron chi connectivity index (χ2n) is 9.45. The van der Waals surface area contributed by atoms with Gasteiger partial charge >= 0.3 is 0 Å². The maximum Gasteiger partial charge on any atom is 0.185 e. The van der Waals surface area contributed by atoms with Crippen LogP contribution in [0.1, 0.15) is 77.6 Å². The van der Waals surface area contributed by atoms with Gasteiger partial charge < -0.3 is 20.9 Å². The molecule has 3 rings (SSSR count). The number of hydrogen-bond acceptors (Lipinski definition) is 6. The van der Waals surface area contributed by atoms with Crippen LogP contribution in [0.4, 0.5) is 15.8 Å². The van der Waals surface area contributed by atoms with Gasteiger partial charge in [0, 0.05) is 11.3 Å². The van der Waals surface area contributed by atoms with E-state index in [1.54, 1.807) is 18.2 Å². The van der Waals surface area contributed by atoms with E-state index < -0.39 is 0 Å². The van der Waals surface area contributed by atoms with Gasteiger partial charge in [0.25, 0.3) is 0 Å². The fourth-order valence-corrected chi connectivity index (χ4v) is 4.14. The number of nitrogen functional groups attached to an aromatic ring is 2. The van der Waals surface area contributed by atoms with Gasteiger partial charge in [-0.2, -0.15) is 0 Å². The quantitative estimate of drug-likeness (QED) is 0.0622. The molecule has 0 atom stereocenters. The van der Waals surface area contributed by atoms with E-state index in [2.05, 4.69) is 0 Å². The second-order valence-corrected chi connectivity index (χ2v) is 9.45. The fourth-order valence-electron chi connectivity index (χ4n) is 4.14.